The van der Waals surface area contributed by atoms with E-state index in [0.717, 1.165) is 53.4 Å². The van der Waals surface area contributed by atoms with Crippen LogP contribution in [0.4, 0.5) is 5.69 Å². The predicted molar refractivity (Wildman–Crippen MR) is 120 cm³/mol. The second-order valence-corrected chi connectivity index (χ2v) is 7.93. The molecule has 6 nitrogen and oxygen atoms in total. The van der Waals surface area contributed by atoms with E-state index in [1.165, 1.54) is 5.56 Å². The standard InChI is InChI=1S/C25H28N2O4/c1-3-26-20-6-4-5-19(13-20)25-27-23(16(2)31-25)11-12-30-21-9-10-22-17(14-21)7-8-18(22)15-24(28)29/h4-6,9-10,13-14,18,26H,3,7-8,11-12,15H2,1-2H3,(H,28,29)/t18-/m0/s1. The van der Waals surface area contributed by atoms with Crippen LogP contribution >= 0.6 is 0 Å². The van der Waals surface area contributed by atoms with E-state index in [-0.39, 0.29) is 12.3 Å². The fourth-order valence-corrected chi connectivity index (χ4v) is 4.21. The lowest BCUT2D eigenvalue weighted by molar-refractivity contribution is -0.137. The van der Waals surface area contributed by atoms with E-state index in [1.54, 1.807) is 0 Å². The van der Waals surface area contributed by atoms with E-state index >= 15 is 0 Å². The van der Waals surface area contributed by atoms with Gasteiger partial charge >= 0.3 is 5.97 Å². The molecule has 162 valence electrons. The summed E-state index contributed by atoms with van der Waals surface area (Å²) in [5, 5.41) is 12.4. The lowest BCUT2D eigenvalue weighted by atomic mass is 9.98. The molecule has 0 amide bonds. The number of aryl methyl sites for hydroxylation is 2. The molecule has 0 radical (unpaired) electrons. The first kappa shape index (κ1) is 21.0. The minimum atomic E-state index is -0.742. The highest BCUT2D eigenvalue weighted by molar-refractivity contribution is 5.68. The first-order valence-corrected chi connectivity index (χ1v) is 10.8. The van der Waals surface area contributed by atoms with Gasteiger partial charge in [0.25, 0.3) is 0 Å². The summed E-state index contributed by atoms with van der Waals surface area (Å²) in [7, 11) is 0. The molecule has 31 heavy (non-hydrogen) atoms. The van der Waals surface area contributed by atoms with E-state index in [4.69, 9.17) is 14.3 Å². The summed E-state index contributed by atoms with van der Waals surface area (Å²) in [6.07, 6.45) is 2.64. The Morgan fingerprint density at radius 1 is 1.29 bits per heavy atom. The van der Waals surface area contributed by atoms with Crippen LogP contribution in [0.1, 0.15) is 48.3 Å². The molecule has 0 bridgehead atoms. The van der Waals surface area contributed by atoms with Gasteiger partial charge in [-0.25, -0.2) is 4.98 Å². The van der Waals surface area contributed by atoms with Crippen molar-refractivity contribution in [3.05, 3.63) is 65.0 Å². The topological polar surface area (TPSA) is 84.6 Å². The van der Waals surface area contributed by atoms with Crippen LogP contribution in [0.15, 0.2) is 46.9 Å². The summed E-state index contributed by atoms with van der Waals surface area (Å²) in [6.45, 7) is 5.36. The van der Waals surface area contributed by atoms with E-state index in [1.807, 2.05) is 49.4 Å². The summed E-state index contributed by atoms with van der Waals surface area (Å²) in [5.41, 5.74) is 5.23. The summed E-state index contributed by atoms with van der Waals surface area (Å²) in [6, 6.07) is 14.0. The third-order valence-electron chi connectivity index (χ3n) is 5.73. The van der Waals surface area contributed by atoms with Gasteiger partial charge in [0.1, 0.15) is 11.5 Å². The van der Waals surface area contributed by atoms with Gasteiger partial charge in [0.2, 0.25) is 5.89 Å². The molecule has 2 aromatic carbocycles. The largest absolute Gasteiger partial charge is 0.493 e. The lowest BCUT2D eigenvalue weighted by Gasteiger charge is -2.10. The molecule has 1 aliphatic rings. The summed E-state index contributed by atoms with van der Waals surface area (Å²) < 4.78 is 11.9. The number of aliphatic carboxylic acids is 1. The number of ether oxygens (including phenoxy) is 1. The van der Waals surface area contributed by atoms with Crippen molar-refractivity contribution in [1.29, 1.82) is 0 Å². The molecule has 1 atom stereocenters. The van der Waals surface area contributed by atoms with Crippen LogP contribution in [-0.4, -0.2) is 29.2 Å². The van der Waals surface area contributed by atoms with Gasteiger partial charge < -0.3 is 19.6 Å². The SMILES string of the molecule is CCNc1cccc(-c2nc(CCOc3ccc4c(c3)CC[C@H]4CC(=O)O)c(C)o2)c1. The van der Waals surface area contributed by atoms with Gasteiger partial charge in [0.15, 0.2) is 0 Å². The molecule has 0 saturated carbocycles. The van der Waals surface area contributed by atoms with Gasteiger partial charge in [0, 0.05) is 24.2 Å². The van der Waals surface area contributed by atoms with Crippen LogP contribution in [0.2, 0.25) is 0 Å². The van der Waals surface area contributed by atoms with Crippen LogP contribution in [0.5, 0.6) is 5.75 Å². The monoisotopic (exact) mass is 420 g/mol. The number of anilines is 1. The number of carboxylic acids is 1. The normalized spacial score (nSPS) is 15.0. The maximum atomic E-state index is 11.0. The molecular weight excluding hydrogens is 392 g/mol. The quantitative estimate of drug-likeness (QED) is 0.494. The summed E-state index contributed by atoms with van der Waals surface area (Å²) >= 11 is 0. The maximum absolute atomic E-state index is 11.0. The van der Waals surface area contributed by atoms with Crippen molar-refractivity contribution in [3.63, 3.8) is 0 Å². The molecule has 0 fully saturated rings. The third-order valence-corrected chi connectivity index (χ3v) is 5.73. The molecule has 6 heteroatoms. The molecule has 2 N–H and O–H groups in total. The number of aromatic nitrogens is 1. The number of nitrogens with one attached hydrogen (secondary N) is 1. The minimum Gasteiger partial charge on any atom is -0.493 e. The van der Waals surface area contributed by atoms with Crippen LogP contribution in [0.25, 0.3) is 11.5 Å². The lowest BCUT2D eigenvalue weighted by Crippen LogP contribution is -2.04. The average molecular weight is 421 g/mol. The molecule has 0 unspecified atom stereocenters. The van der Waals surface area contributed by atoms with Gasteiger partial charge in [-0.3, -0.25) is 4.79 Å². The minimum absolute atomic E-state index is 0.115. The van der Waals surface area contributed by atoms with Crippen molar-refractivity contribution < 1.29 is 19.1 Å². The summed E-state index contributed by atoms with van der Waals surface area (Å²) in [5.74, 6) is 1.61. The van der Waals surface area contributed by atoms with E-state index < -0.39 is 5.97 Å². The second kappa shape index (κ2) is 9.25. The first-order valence-electron chi connectivity index (χ1n) is 10.8. The van der Waals surface area contributed by atoms with E-state index in [9.17, 15) is 4.79 Å². The Morgan fingerprint density at radius 3 is 2.97 bits per heavy atom. The fourth-order valence-electron chi connectivity index (χ4n) is 4.21. The number of hydrogen-bond donors (Lipinski definition) is 2. The van der Waals surface area contributed by atoms with Crippen molar-refractivity contribution in [2.24, 2.45) is 0 Å². The van der Waals surface area contributed by atoms with Gasteiger partial charge in [-0.15, -0.1) is 0 Å². The first-order chi connectivity index (χ1) is 15.0. The number of nitrogens with zero attached hydrogens (tertiary/aromatic N) is 1. The Hall–Kier alpha value is -3.28. The number of fused-ring (bicyclic) bond motifs is 1. The number of carbonyl (C=O) groups is 1. The molecule has 1 aliphatic carbocycles. The number of oxazole rings is 1. The molecule has 1 aromatic heterocycles. The zero-order valence-corrected chi connectivity index (χ0v) is 18.0. The number of carboxylic acid groups (broad SMARTS) is 1. The zero-order chi connectivity index (χ0) is 21.8. The molecule has 0 saturated heterocycles. The molecule has 1 heterocycles. The van der Waals surface area contributed by atoms with Crippen molar-refractivity contribution in [2.45, 2.75) is 45.4 Å². The van der Waals surface area contributed by atoms with Crippen LogP contribution < -0.4 is 10.1 Å². The molecule has 3 aromatic rings. The average Bonchev–Trinajstić information content (AvgIpc) is 3.31. The van der Waals surface area contributed by atoms with Gasteiger partial charge in [-0.2, -0.15) is 0 Å². The Labute approximate surface area is 182 Å². The van der Waals surface area contributed by atoms with Crippen LogP contribution in [-0.2, 0) is 17.6 Å². The Bertz CT molecular complexity index is 1070. The number of benzene rings is 2. The zero-order valence-electron chi connectivity index (χ0n) is 18.0. The van der Waals surface area contributed by atoms with Gasteiger partial charge in [0.05, 0.1) is 18.7 Å². The van der Waals surface area contributed by atoms with Crippen LogP contribution in [0.3, 0.4) is 0 Å². The van der Waals surface area contributed by atoms with Gasteiger partial charge in [-0.1, -0.05) is 12.1 Å². The van der Waals surface area contributed by atoms with E-state index in [2.05, 4.69) is 17.2 Å². The number of hydrogen-bond acceptors (Lipinski definition) is 5. The predicted octanol–water partition coefficient (Wildman–Crippen LogP) is 5.21. The molecule has 4 rings (SSSR count). The maximum Gasteiger partial charge on any atom is 0.303 e. The van der Waals surface area contributed by atoms with Crippen LogP contribution in [0, 0.1) is 6.92 Å². The Balaban J connectivity index is 1.37. The highest BCUT2D eigenvalue weighted by Crippen LogP contribution is 2.37. The summed E-state index contributed by atoms with van der Waals surface area (Å²) in [4.78, 5) is 15.7. The van der Waals surface area contributed by atoms with E-state index in [0.29, 0.717) is 18.9 Å². The smallest absolute Gasteiger partial charge is 0.303 e. The highest BCUT2D eigenvalue weighted by Gasteiger charge is 2.25. The number of rotatable bonds is 9. The molecule has 0 aliphatic heterocycles. The second-order valence-electron chi connectivity index (χ2n) is 7.93. The molecular formula is C25H28N2O4. The van der Waals surface area contributed by atoms with Crippen molar-refractivity contribution >= 4 is 11.7 Å². The van der Waals surface area contributed by atoms with Crippen molar-refractivity contribution in [1.82, 2.24) is 4.98 Å². The van der Waals surface area contributed by atoms with Gasteiger partial charge in [-0.05, 0) is 74.1 Å². The fraction of sp³-hybridized carbons (Fsp3) is 0.360. The van der Waals surface area contributed by atoms with Crippen molar-refractivity contribution in [2.75, 3.05) is 18.5 Å². The van der Waals surface area contributed by atoms with Crippen molar-refractivity contribution in [3.8, 4) is 17.2 Å². The Morgan fingerprint density at radius 2 is 2.16 bits per heavy atom. The molecule has 0 spiro atoms. The highest BCUT2D eigenvalue weighted by atomic mass is 16.5. The Kier molecular flexibility index (Phi) is 6.26. The third kappa shape index (κ3) is 4.90.